The van der Waals surface area contributed by atoms with Gasteiger partial charge in [-0.2, -0.15) is 5.10 Å². The van der Waals surface area contributed by atoms with E-state index in [-0.39, 0.29) is 11.5 Å². The maximum absolute atomic E-state index is 12.3. The van der Waals surface area contributed by atoms with Gasteiger partial charge >= 0.3 is 0 Å². The van der Waals surface area contributed by atoms with Crippen molar-refractivity contribution in [2.45, 2.75) is 45.6 Å². The molecule has 2 N–H and O–H groups in total. The Hall–Kier alpha value is -0.920. The number of nitrogens with zero attached hydrogens (tertiary/aromatic N) is 2. The van der Waals surface area contributed by atoms with Gasteiger partial charge in [-0.1, -0.05) is 27.7 Å². The number of aliphatic hydroxyl groups excluding tert-OH is 1. The summed E-state index contributed by atoms with van der Waals surface area (Å²) in [5, 5.41) is 12.8. The van der Waals surface area contributed by atoms with Crippen molar-refractivity contribution in [3.05, 3.63) is 12.4 Å². The predicted molar refractivity (Wildman–Crippen MR) is 82.3 cm³/mol. The molecule has 6 nitrogen and oxygen atoms in total. The van der Waals surface area contributed by atoms with Crippen molar-refractivity contribution in [2.75, 3.05) is 13.2 Å². The van der Waals surface area contributed by atoms with Crippen LogP contribution in [0.25, 0.3) is 0 Å². The van der Waals surface area contributed by atoms with E-state index in [4.69, 9.17) is 5.11 Å². The van der Waals surface area contributed by atoms with E-state index >= 15 is 0 Å². The van der Waals surface area contributed by atoms with Crippen molar-refractivity contribution in [3.8, 4) is 0 Å². The predicted octanol–water partition coefficient (Wildman–Crippen LogP) is 1.47. The molecule has 122 valence electrons. The van der Waals surface area contributed by atoms with Gasteiger partial charge < -0.3 is 5.11 Å². The molecule has 0 aliphatic heterocycles. The van der Waals surface area contributed by atoms with Gasteiger partial charge in [0.2, 0.25) is 10.0 Å². The highest BCUT2D eigenvalue weighted by Gasteiger charge is 2.22. The Labute approximate surface area is 127 Å². The molecule has 1 rings (SSSR count). The molecule has 0 bridgehead atoms. The molecule has 1 heterocycles. The smallest absolute Gasteiger partial charge is 0.243 e. The minimum Gasteiger partial charge on any atom is -0.396 e. The van der Waals surface area contributed by atoms with Gasteiger partial charge in [-0.15, -0.1) is 0 Å². The molecule has 0 aliphatic rings. The summed E-state index contributed by atoms with van der Waals surface area (Å²) in [5.74, 6) is 1.13. The van der Waals surface area contributed by atoms with Crippen LogP contribution in [0.3, 0.4) is 0 Å². The quantitative estimate of drug-likeness (QED) is 0.722. The summed E-state index contributed by atoms with van der Waals surface area (Å²) in [5.41, 5.74) is 0. The summed E-state index contributed by atoms with van der Waals surface area (Å²) in [6, 6.07) is 0. The highest BCUT2D eigenvalue weighted by molar-refractivity contribution is 7.89. The lowest BCUT2D eigenvalue weighted by Gasteiger charge is -2.24. The van der Waals surface area contributed by atoms with Gasteiger partial charge in [0.05, 0.1) is 6.20 Å². The number of hydrogen-bond donors (Lipinski definition) is 2. The normalized spacial score (nSPS) is 12.8. The molecule has 0 aromatic carbocycles. The molecule has 21 heavy (non-hydrogen) atoms. The molecule has 0 saturated heterocycles. The van der Waals surface area contributed by atoms with Gasteiger partial charge in [0, 0.05) is 25.9 Å². The zero-order chi connectivity index (χ0) is 16.0. The van der Waals surface area contributed by atoms with E-state index in [0.29, 0.717) is 37.3 Å². The minimum absolute atomic E-state index is 0.0602. The Kier molecular flexibility index (Phi) is 6.83. The zero-order valence-electron chi connectivity index (χ0n) is 13.3. The summed E-state index contributed by atoms with van der Waals surface area (Å²) in [4.78, 5) is 0.173. The molecule has 7 heteroatoms. The summed E-state index contributed by atoms with van der Waals surface area (Å²) >= 11 is 0. The third kappa shape index (κ3) is 5.41. The van der Waals surface area contributed by atoms with E-state index < -0.39 is 10.0 Å². The number of hydrogen-bond acceptors (Lipinski definition) is 4. The fourth-order valence-electron chi connectivity index (χ4n) is 2.37. The molecule has 0 aliphatic carbocycles. The second-order valence-electron chi connectivity index (χ2n) is 6.02. The first-order chi connectivity index (χ1) is 9.77. The Morgan fingerprint density at radius 1 is 1.29 bits per heavy atom. The minimum atomic E-state index is -3.52. The highest BCUT2D eigenvalue weighted by atomic mass is 32.2. The van der Waals surface area contributed by atoms with Crippen molar-refractivity contribution in [3.63, 3.8) is 0 Å². The van der Waals surface area contributed by atoms with E-state index in [0.717, 1.165) is 0 Å². The SMILES string of the molecule is CC(C)C(CNS(=O)(=O)c1cnn(CCCO)c1)C(C)C. The first-order valence-corrected chi connectivity index (χ1v) is 8.89. The molecular weight excluding hydrogens is 290 g/mol. The molecular formula is C14H27N3O3S. The van der Waals surface area contributed by atoms with E-state index in [2.05, 4.69) is 37.5 Å². The molecule has 0 unspecified atom stereocenters. The molecule has 0 atom stereocenters. The topological polar surface area (TPSA) is 84.2 Å². The standard InChI is InChI=1S/C14H27N3O3S/c1-11(2)14(12(3)4)9-16-21(19,20)13-8-15-17(10-13)6-5-7-18/h8,10-12,14,16,18H,5-7,9H2,1-4H3. The second-order valence-corrected chi connectivity index (χ2v) is 7.79. The largest absolute Gasteiger partial charge is 0.396 e. The van der Waals surface area contributed by atoms with Gasteiger partial charge in [0.1, 0.15) is 4.90 Å². The van der Waals surface area contributed by atoms with Crippen molar-refractivity contribution < 1.29 is 13.5 Å². The summed E-state index contributed by atoms with van der Waals surface area (Å²) in [6.45, 7) is 9.41. The average Bonchev–Trinajstić information content (AvgIpc) is 2.85. The van der Waals surface area contributed by atoms with E-state index in [1.807, 2.05) is 0 Å². The molecule has 0 fully saturated rings. The lowest BCUT2D eigenvalue weighted by atomic mass is 9.86. The van der Waals surface area contributed by atoms with Crippen LogP contribution in [0.1, 0.15) is 34.1 Å². The number of aliphatic hydroxyl groups is 1. The summed E-state index contributed by atoms with van der Waals surface area (Å²) in [7, 11) is -3.52. The maximum atomic E-state index is 12.3. The highest BCUT2D eigenvalue weighted by Crippen LogP contribution is 2.20. The van der Waals surface area contributed by atoms with E-state index in [1.165, 1.54) is 17.1 Å². The van der Waals surface area contributed by atoms with Crippen LogP contribution in [0, 0.1) is 17.8 Å². The zero-order valence-corrected chi connectivity index (χ0v) is 14.1. The molecule has 0 amide bonds. The van der Waals surface area contributed by atoms with Crippen molar-refractivity contribution in [2.24, 2.45) is 17.8 Å². The first-order valence-electron chi connectivity index (χ1n) is 7.41. The lowest BCUT2D eigenvalue weighted by molar-refractivity contribution is 0.277. The van der Waals surface area contributed by atoms with Crippen molar-refractivity contribution >= 4 is 10.0 Å². The van der Waals surface area contributed by atoms with E-state index in [1.54, 1.807) is 0 Å². The van der Waals surface area contributed by atoms with Crippen molar-refractivity contribution in [1.82, 2.24) is 14.5 Å². The summed E-state index contributed by atoms with van der Waals surface area (Å²) in [6.07, 6.45) is 3.40. The Morgan fingerprint density at radius 3 is 2.43 bits per heavy atom. The van der Waals surface area contributed by atoms with Crippen LogP contribution in [-0.4, -0.2) is 36.5 Å². The van der Waals surface area contributed by atoms with Gasteiger partial charge in [0.25, 0.3) is 0 Å². The van der Waals surface area contributed by atoms with Gasteiger partial charge in [0.15, 0.2) is 0 Å². The number of rotatable bonds is 9. The van der Waals surface area contributed by atoms with Gasteiger partial charge in [-0.05, 0) is 24.2 Å². The van der Waals surface area contributed by atoms with Crippen LogP contribution < -0.4 is 4.72 Å². The van der Waals surface area contributed by atoms with Crippen LogP contribution in [0.15, 0.2) is 17.3 Å². The summed E-state index contributed by atoms with van der Waals surface area (Å²) < 4.78 is 28.7. The average molecular weight is 317 g/mol. The Balaban J connectivity index is 2.70. The molecule has 0 spiro atoms. The molecule has 0 saturated carbocycles. The number of aryl methyl sites for hydroxylation is 1. The van der Waals surface area contributed by atoms with E-state index in [9.17, 15) is 8.42 Å². The first kappa shape index (κ1) is 18.1. The van der Waals surface area contributed by atoms with Crippen molar-refractivity contribution in [1.29, 1.82) is 0 Å². The second kappa shape index (κ2) is 7.91. The number of sulfonamides is 1. The van der Waals surface area contributed by atoms with Crippen LogP contribution >= 0.6 is 0 Å². The van der Waals surface area contributed by atoms with Gasteiger partial charge in [-0.3, -0.25) is 4.68 Å². The monoisotopic (exact) mass is 317 g/mol. The number of nitrogens with one attached hydrogen (secondary N) is 1. The van der Waals surface area contributed by atoms with Crippen LogP contribution in [0.2, 0.25) is 0 Å². The molecule has 1 aromatic rings. The Morgan fingerprint density at radius 2 is 1.90 bits per heavy atom. The third-order valence-corrected chi connectivity index (χ3v) is 5.06. The van der Waals surface area contributed by atoms with Crippen LogP contribution in [0.4, 0.5) is 0 Å². The Bertz CT molecular complexity index is 515. The lowest BCUT2D eigenvalue weighted by Crippen LogP contribution is -2.33. The molecule has 0 radical (unpaired) electrons. The third-order valence-electron chi connectivity index (χ3n) is 3.69. The fraction of sp³-hybridized carbons (Fsp3) is 0.786. The molecule has 1 aromatic heterocycles. The van der Waals surface area contributed by atoms with Gasteiger partial charge in [-0.25, -0.2) is 13.1 Å². The maximum Gasteiger partial charge on any atom is 0.243 e. The van der Waals surface area contributed by atoms with Crippen LogP contribution in [0.5, 0.6) is 0 Å². The number of aromatic nitrogens is 2. The fourth-order valence-corrected chi connectivity index (χ4v) is 3.39. The van der Waals surface area contributed by atoms with Crippen LogP contribution in [-0.2, 0) is 16.6 Å².